The molecular weight excluding hydrogens is 248 g/mol. The Hall–Kier alpha value is -1.77. The van der Waals surface area contributed by atoms with Crippen molar-refractivity contribution in [1.29, 1.82) is 0 Å². The summed E-state index contributed by atoms with van der Waals surface area (Å²) >= 11 is 0. The Labute approximate surface area is 120 Å². The molecule has 0 saturated heterocycles. The number of nitrogens with two attached hydrogens (primary N) is 1. The molecule has 1 heterocycles. The summed E-state index contributed by atoms with van der Waals surface area (Å²) in [5, 5.41) is 4.03. The summed E-state index contributed by atoms with van der Waals surface area (Å²) in [6.07, 6.45) is 7.59. The van der Waals surface area contributed by atoms with Gasteiger partial charge in [0.1, 0.15) is 5.76 Å². The minimum absolute atomic E-state index is 0.470. The Morgan fingerprint density at radius 3 is 2.60 bits per heavy atom. The first-order chi connectivity index (χ1) is 9.75. The largest absolute Gasteiger partial charge is 0.380 e. The Balaban J connectivity index is 2.00. The van der Waals surface area contributed by atoms with Crippen molar-refractivity contribution < 1.29 is 4.52 Å². The number of aromatic nitrogens is 1. The summed E-state index contributed by atoms with van der Waals surface area (Å²) in [7, 11) is 0. The van der Waals surface area contributed by atoms with Gasteiger partial charge in [-0.25, -0.2) is 0 Å². The number of benzene rings is 1. The molecule has 20 heavy (non-hydrogen) atoms. The average molecular weight is 270 g/mol. The minimum Gasteiger partial charge on any atom is -0.380 e. The van der Waals surface area contributed by atoms with Crippen LogP contribution in [0.3, 0.4) is 0 Å². The van der Waals surface area contributed by atoms with Crippen LogP contribution in [0.15, 0.2) is 28.8 Å². The van der Waals surface area contributed by atoms with E-state index in [2.05, 4.69) is 36.3 Å². The lowest BCUT2D eigenvalue weighted by Gasteiger charge is -2.12. The topological polar surface area (TPSA) is 52.0 Å². The van der Waals surface area contributed by atoms with Crippen LogP contribution in [-0.4, -0.2) is 5.16 Å². The molecule has 1 aliphatic carbocycles. The molecule has 1 aliphatic rings. The number of hydrogen-bond acceptors (Lipinski definition) is 3. The molecule has 1 aromatic carbocycles. The van der Waals surface area contributed by atoms with Crippen molar-refractivity contribution in [2.75, 3.05) is 5.73 Å². The maximum atomic E-state index is 6.06. The quantitative estimate of drug-likeness (QED) is 0.807. The van der Waals surface area contributed by atoms with E-state index in [1.54, 1.807) is 0 Å². The van der Waals surface area contributed by atoms with E-state index < -0.39 is 0 Å². The van der Waals surface area contributed by atoms with Gasteiger partial charge in [-0.15, -0.1) is 0 Å². The highest BCUT2D eigenvalue weighted by atomic mass is 16.5. The molecule has 1 saturated carbocycles. The van der Waals surface area contributed by atoms with Crippen LogP contribution < -0.4 is 5.73 Å². The first-order valence-electron chi connectivity index (χ1n) is 7.58. The van der Waals surface area contributed by atoms with E-state index in [1.165, 1.54) is 44.1 Å². The fraction of sp³-hybridized carbons (Fsp3) is 0.471. The lowest BCUT2D eigenvalue weighted by molar-refractivity contribution is 0.350. The number of rotatable bonds is 2. The molecule has 3 rings (SSSR count). The molecule has 2 aromatic rings. The van der Waals surface area contributed by atoms with Crippen molar-refractivity contribution in [3.05, 3.63) is 35.6 Å². The summed E-state index contributed by atoms with van der Waals surface area (Å²) in [5.74, 6) is 1.99. The van der Waals surface area contributed by atoms with E-state index >= 15 is 0 Å². The van der Waals surface area contributed by atoms with Gasteiger partial charge >= 0.3 is 0 Å². The van der Waals surface area contributed by atoms with Gasteiger partial charge in [-0.2, -0.15) is 0 Å². The molecular formula is C17H22N2O. The van der Waals surface area contributed by atoms with E-state index in [4.69, 9.17) is 10.3 Å². The van der Waals surface area contributed by atoms with Gasteiger partial charge in [-0.1, -0.05) is 60.7 Å². The molecule has 0 unspecified atom stereocenters. The molecule has 1 fully saturated rings. The van der Waals surface area contributed by atoms with Crippen molar-refractivity contribution in [3.63, 3.8) is 0 Å². The van der Waals surface area contributed by atoms with E-state index in [0.29, 0.717) is 11.7 Å². The van der Waals surface area contributed by atoms with Crippen LogP contribution in [0.1, 0.15) is 55.8 Å². The molecule has 3 nitrogen and oxygen atoms in total. The zero-order chi connectivity index (χ0) is 13.9. The second-order valence-corrected chi connectivity index (χ2v) is 5.87. The number of aryl methyl sites for hydroxylation is 1. The average Bonchev–Trinajstić information content (AvgIpc) is 2.65. The second-order valence-electron chi connectivity index (χ2n) is 5.87. The van der Waals surface area contributed by atoms with E-state index in [-0.39, 0.29) is 0 Å². The third kappa shape index (κ3) is 2.58. The van der Waals surface area contributed by atoms with E-state index in [9.17, 15) is 0 Å². The molecule has 0 radical (unpaired) electrons. The standard InChI is InChI=1S/C17H22N2O/c1-12-7-6-10-14(11-12)15-16(20-19-17(15)18)13-8-4-2-3-5-9-13/h6-7,10-11,13H,2-5,8-9H2,1H3,(H2,18,19). The van der Waals surface area contributed by atoms with Crippen molar-refractivity contribution in [1.82, 2.24) is 5.16 Å². The monoisotopic (exact) mass is 270 g/mol. The Bertz CT molecular complexity index is 580. The molecule has 3 heteroatoms. The van der Waals surface area contributed by atoms with E-state index in [1.807, 2.05) is 0 Å². The predicted molar refractivity (Wildman–Crippen MR) is 81.5 cm³/mol. The van der Waals surface area contributed by atoms with Gasteiger partial charge < -0.3 is 10.3 Å². The van der Waals surface area contributed by atoms with E-state index in [0.717, 1.165) is 16.9 Å². The van der Waals surface area contributed by atoms with Crippen LogP contribution >= 0.6 is 0 Å². The number of hydrogen-bond donors (Lipinski definition) is 1. The van der Waals surface area contributed by atoms with Crippen molar-refractivity contribution >= 4 is 5.82 Å². The molecule has 106 valence electrons. The fourth-order valence-corrected chi connectivity index (χ4v) is 3.23. The Morgan fingerprint density at radius 1 is 1.15 bits per heavy atom. The lowest BCUT2D eigenvalue weighted by Crippen LogP contribution is -1.99. The maximum Gasteiger partial charge on any atom is 0.175 e. The maximum absolute atomic E-state index is 6.06. The summed E-state index contributed by atoms with van der Waals surface area (Å²) in [6, 6.07) is 8.41. The van der Waals surface area contributed by atoms with Crippen LogP contribution in [0.2, 0.25) is 0 Å². The zero-order valence-corrected chi connectivity index (χ0v) is 12.1. The number of nitrogen functional groups attached to an aromatic ring is 1. The minimum atomic E-state index is 0.470. The predicted octanol–water partition coefficient (Wildman–Crippen LogP) is 4.67. The summed E-state index contributed by atoms with van der Waals surface area (Å²) in [5.41, 5.74) is 9.44. The first-order valence-corrected chi connectivity index (χ1v) is 7.58. The van der Waals surface area contributed by atoms with Gasteiger partial charge in [0.25, 0.3) is 0 Å². The highest BCUT2D eigenvalue weighted by Crippen LogP contribution is 2.40. The van der Waals surface area contributed by atoms with Crippen molar-refractivity contribution in [2.24, 2.45) is 0 Å². The molecule has 0 spiro atoms. The lowest BCUT2D eigenvalue weighted by atomic mass is 9.91. The SMILES string of the molecule is Cc1cccc(-c2c(N)noc2C2CCCCCC2)c1. The Morgan fingerprint density at radius 2 is 1.90 bits per heavy atom. The van der Waals surface area contributed by atoms with Crippen LogP contribution in [0, 0.1) is 6.92 Å². The van der Waals surface area contributed by atoms with Gasteiger partial charge in [-0.05, 0) is 25.3 Å². The normalized spacial score (nSPS) is 17.1. The summed E-state index contributed by atoms with van der Waals surface area (Å²) < 4.78 is 5.61. The van der Waals surface area contributed by atoms with Gasteiger partial charge in [0.2, 0.25) is 0 Å². The number of anilines is 1. The van der Waals surface area contributed by atoms with Gasteiger partial charge in [0.05, 0.1) is 5.56 Å². The van der Waals surface area contributed by atoms with Crippen LogP contribution in [0.25, 0.3) is 11.1 Å². The summed E-state index contributed by atoms with van der Waals surface area (Å²) in [4.78, 5) is 0. The third-order valence-corrected chi connectivity index (χ3v) is 4.28. The molecule has 0 atom stereocenters. The molecule has 0 aliphatic heterocycles. The summed E-state index contributed by atoms with van der Waals surface area (Å²) in [6.45, 7) is 2.10. The van der Waals surface area contributed by atoms with Crippen LogP contribution in [0.5, 0.6) is 0 Å². The zero-order valence-electron chi connectivity index (χ0n) is 12.1. The van der Waals surface area contributed by atoms with Crippen LogP contribution in [-0.2, 0) is 0 Å². The van der Waals surface area contributed by atoms with Gasteiger partial charge in [0, 0.05) is 5.92 Å². The first kappa shape index (κ1) is 13.2. The smallest absolute Gasteiger partial charge is 0.175 e. The third-order valence-electron chi connectivity index (χ3n) is 4.28. The van der Waals surface area contributed by atoms with Crippen LogP contribution in [0.4, 0.5) is 5.82 Å². The molecule has 0 amide bonds. The van der Waals surface area contributed by atoms with Crippen molar-refractivity contribution in [3.8, 4) is 11.1 Å². The number of nitrogens with zero attached hydrogens (tertiary/aromatic N) is 1. The fourth-order valence-electron chi connectivity index (χ4n) is 3.23. The second kappa shape index (κ2) is 5.70. The van der Waals surface area contributed by atoms with Gasteiger partial charge in [0.15, 0.2) is 5.82 Å². The molecule has 2 N–H and O–H groups in total. The van der Waals surface area contributed by atoms with Gasteiger partial charge in [-0.3, -0.25) is 0 Å². The highest BCUT2D eigenvalue weighted by molar-refractivity contribution is 5.76. The molecule has 1 aromatic heterocycles. The Kier molecular flexibility index (Phi) is 3.77. The highest BCUT2D eigenvalue weighted by Gasteiger charge is 2.25. The molecule has 0 bridgehead atoms. The van der Waals surface area contributed by atoms with Crippen molar-refractivity contribution in [2.45, 2.75) is 51.4 Å².